The minimum absolute atomic E-state index is 0.136. The first-order valence-electron chi connectivity index (χ1n) is 8.70. The number of hydrogen-bond acceptors (Lipinski definition) is 3. The Kier molecular flexibility index (Phi) is 5.56. The van der Waals surface area contributed by atoms with Crippen molar-refractivity contribution in [3.63, 3.8) is 0 Å². The van der Waals surface area contributed by atoms with Crippen molar-refractivity contribution in [3.8, 4) is 0 Å². The number of amides is 2. The van der Waals surface area contributed by atoms with Crippen LogP contribution in [0.4, 0.5) is 10.5 Å². The molecule has 0 bridgehead atoms. The summed E-state index contributed by atoms with van der Waals surface area (Å²) in [6, 6.07) is 15.1. The average molecular weight is 339 g/mol. The van der Waals surface area contributed by atoms with Crippen molar-refractivity contribution < 1.29 is 9.90 Å². The second-order valence-electron chi connectivity index (χ2n) is 6.46. The highest BCUT2D eigenvalue weighted by molar-refractivity contribution is 5.74. The van der Waals surface area contributed by atoms with Crippen LogP contribution in [0.15, 0.2) is 48.5 Å². The number of anilines is 1. The third-order valence-corrected chi connectivity index (χ3v) is 4.64. The van der Waals surface area contributed by atoms with Gasteiger partial charge in [0.25, 0.3) is 0 Å². The summed E-state index contributed by atoms with van der Waals surface area (Å²) < 4.78 is 0. The van der Waals surface area contributed by atoms with Crippen LogP contribution in [-0.4, -0.2) is 31.3 Å². The Labute approximate surface area is 148 Å². The second kappa shape index (κ2) is 8.03. The van der Waals surface area contributed by atoms with Gasteiger partial charge in [-0.1, -0.05) is 42.5 Å². The summed E-state index contributed by atoms with van der Waals surface area (Å²) in [5, 5.41) is 15.2. The molecule has 1 atom stereocenters. The molecule has 0 aliphatic carbocycles. The van der Waals surface area contributed by atoms with Crippen molar-refractivity contribution in [1.82, 2.24) is 10.6 Å². The number of benzene rings is 2. The summed E-state index contributed by atoms with van der Waals surface area (Å²) in [4.78, 5) is 14.4. The normalized spacial score (nSPS) is 14.6. The zero-order valence-corrected chi connectivity index (χ0v) is 14.5. The van der Waals surface area contributed by atoms with Crippen molar-refractivity contribution in [3.05, 3.63) is 65.2 Å². The average Bonchev–Trinajstić information content (AvgIpc) is 2.65. The van der Waals surface area contributed by atoms with Crippen LogP contribution in [0.1, 0.15) is 29.2 Å². The molecule has 5 nitrogen and oxygen atoms in total. The van der Waals surface area contributed by atoms with Gasteiger partial charge in [-0.2, -0.15) is 0 Å². The van der Waals surface area contributed by atoms with Gasteiger partial charge in [0.05, 0.1) is 12.6 Å². The van der Waals surface area contributed by atoms with E-state index in [1.54, 1.807) is 0 Å². The summed E-state index contributed by atoms with van der Waals surface area (Å²) >= 11 is 0. The second-order valence-corrected chi connectivity index (χ2v) is 6.46. The fourth-order valence-corrected chi connectivity index (χ4v) is 3.26. The van der Waals surface area contributed by atoms with Gasteiger partial charge in [0, 0.05) is 25.8 Å². The third kappa shape index (κ3) is 4.31. The first-order chi connectivity index (χ1) is 12.2. The summed E-state index contributed by atoms with van der Waals surface area (Å²) in [6.45, 7) is 1.42. The quantitative estimate of drug-likeness (QED) is 0.784. The maximum absolute atomic E-state index is 12.2. The van der Waals surface area contributed by atoms with Gasteiger partial charge in [-0.25, -0.2) is 4.79 Å². The summed E-state index contributed by atoms with van der Waals surface area (Å²) in [5.74, 6) is 0. The largest absolute Gasteiger partial charge is 0.394 e. The van der Waals surface area contributed by atoms with Crippen LogP contribution >= 0.6 is 0 Å². The minimum atomic E-state index is -0.404. The van der Waals surface area contributed by atoms with E-state index in [1.165, 1.54) is 11.3 Å². The Morgan fingerprint density at radius 1 is 1.24 bits per heavy atom. The van der Waals surface area contributed by atoms with Crippen LogP contribution in [0.3, 0.4) is 0 Å². The molecule has 1 heterocycles. The lowest BCUT2D eigenvalue weighted by molar-refractivity contribution is 0.216. The van der Waals surface area contributed by atoms with E-state index in [2.05, 4.69) is 40.8 Å². The van der Waals surface area contributed by atoms with E-state index in [1.807, 2.05) is 30.3 Å². The Morgan fingerprint density at radius 3 is 2.80 bits per heavy atom. The smallest absolute Gasteiger partial charge is 0.315 e. The molecule has 3 N–H and O–H groups in total. The number of hydrogen-bond donors (Lipinski definition) is 3. The maximum Gasteiger partial charge on any atom is 0.315 e. The molecule has 0 saturated heterocycles. The van der Waals surface area contributed by atoms with Crippen molar-refractivity contribution >= 4 is 11.7 Å². The molecular formula is C20H25N3O2. The molecular weight excluding hydrogens is 314 g/mol. The number of aryl methyl sites for hydroxylation is 1. The standard InChI is InChI=1S/C20H25N3O2/c1-23-11-5-8-17-12-15(9-10-19(17)23)13-21-20(25)22-18(14-24)16-6-3-2-4-7-16/h2-4,6-7,9-10,12,18,24H,5,8,11,13-14H2,1H3,(H2,21,22,25). The molecule has 3 rings (SSSR count). The van der Waals surface area contributed by atoms with Gasteiger partial charge in [0.1, 0.15) is 0 Å². The molecule has 0 spiro atoms. The topological polar surface area (TPSA) is 64.6 Å². The maximum atomic E-state index is 12.2. The number of nitrogens with zero attached hydrogens (tertiary/aromatic N) is 1. The molecule has 5 heteroatoms. The van der Waals surface area contributed by atoms with Gasteiger partial charge in [-0.05, 0) is 35.6 Å². The predicted octanol–water partition coefficient (Wildman–Crippen LogP) is 2.60. The van der Waals surface area contributed by atoms with Crippen molar-refractivity contribution in [2.24, 2.45) is 0 Å². The van der Waals surface area contributed by atoms with E-state index in [0.29, 0.717) is 6.54 Å². The highest BCUT2D eigenvalue weighted by Gasteiger charge is 2.15. The van der Waals surface area contributed by atoms with Crippen LogP contribution in [0, 0.1) is 0 Å². The molecule has 1 aliphatic rings. The Balaban J connectivity index is 1.57. The molecule has 1 unspecified atom stereocenters. The van der Waals surface area contributed by atoms with Crippen LogP contribution in [0.25, 0.3) is 0 Å². The van der Waals surface area contributed by atoms with E-state index in [4.69, 9.17) is 0 Å². The number of fused-ring (bicyclic) bond motifs is 1. The lowest BCUT2D eigenvalue weighted by atomic mass is 9.99. The molecule has 2 amide bonds. The van der Waals surface area contributed by atoms with Gasteiger partial charge in [-0.3, -0.25) is 0 Å². The van der Waals surface area contributed by atoms with Crippen LogP contribution < -0.4 is 15.5 Å². The number of carbonyl (C=O) groups is 1. The molecule has 2 aromatic rings. The summed E-state index contributed by atoms with van der Waals surface area (Å²) in [5.41, 5.74) is 4.59. The first kappa shape index (κ1) is 17.3. The highest BCUT2D eigenvalue weighted by atomic mass is 16.3. The van der Waals surface area contributed by atoms with E-state index < -0.39 is 6.04 Å². The number of nitrogens with one attached hydrogen (secondary N) is 2. The fourth-order valence-electron chi connectivity index (χ4n) is 3.26. The van der Waals surface area contributed by atoms with E-state index >= 15 is 0 Å². The Morgan fingerprint density at radius 2 is 2.04 bits per heavy atom. The van der Waals surface area contributed by atoms with Gasteiger partial charge in [0.15, 0.2) is 0 Å². The molecule has 1 aliphatic heterocycles. The molecule has 0 aromatic heterocycles. The van der Waals surface area contributed by atoms with E-state index in [0.717, 1.165) is 30.5 Å². The van der Waals surface area contributed by atoms with E-state index in [-0.39, 0.29) is 12.6 Å². The molecule has 0 saturated carbocycles. The number of urea groups is 1. The lowest BCUT2D eigenvalue weighted by Crippen LogP contribution is -2.38. The van der Waals surface area contributed by atoms with Gasteiger partial charge < -0.3 is 20.6 Å². The van der Waals surface area contributed by atoms with Crippen LogP contribution in [-0.2, 0) is 13.0 Å². The lowest BCUT2D eigenvalue weighted by Gasteiger charge is -2.27. The Bertz CT molecular complexity index is 718. The van der Waals surface area contributed by atoms with Gasteiger partial charge in [0.2, 0.25) is 0 Å². The third-order valence-electron chi connectivity index (χ3n) is 4.64. The van der Waals surface area contributed by atoms with Crippen molar-refractivity contribution in [2.45, 2.75) is 25.4 Å². The minimum Gasteiger partial charge on any atom is -0.394 e. The SMILES string of the molecule is CN1CCCc2cc(CNC(=O)NC(CO)c3ccccc3)ccc21. The molecule has 0 radical (unpaired) electrons. The number of aliphatic hydroxyl groups is 1. The molecule has 25 heavy (non-hydrogen) atoms. The molecule has 132 valence electrons. The van der Waals surface area contributed by atoms with Crippen molar-refractivity contribution in [1.29, 1.82) is 0 Å². The highest BCUT2D eigenvalue weighted by Crippen LogP contribution is 2.26. The van der Waals surface area contributed by atoms with Crippen LogP contribution in [0.5, 0.6) is 0 Å². The zero-order chi connectivity index (χ0) is 17.6. The number of rotatable bonds is 5. The predicted molar refractivity (Wildman–Crippen MR) is 99.7 cm³/mol. The van der Waals surface area contributed by atoms with Crippen molar-refractivity contribution in [2.75, 3.05) is 25.1 Å². The van der Waals surface area contributed by atoms with Crippen LogP contribution in [0.2, 0.25) is 0 Å². The monoisotopic (exact) mass is 339 g/mol. The Hall–Kier alpha value is -2.53. The fraction of sp³-hybridized carbons (Fsp3) is 0.350. The van der Waals surface area contributed by atoms with E-state index in [9.17, 15) is 9.90 Å². The summed E-state index contributed by atoms with van der Waals surface area (Å²) in [6.07, 6.45) is 2.25. The summed E-state index contributed by atoms with van der Waals surface area (Å²) in [7, 11) is 2.11. The van der Waals surface area contributed by atoms with Gasteiger partial charge >= 0.3 is 6.03 Å². The van der Waals surface area contributed by atoms with Gasteiger partial charge in [-0.15, -0.1) is 0 Å². The number of aliphatic hydroxyl groups excluding tert-OH is 1. The molecule has 0 fully saturated rings. The molecule has 2 aromatic carbocycles. The number of carbonyl (C=O) groups excluding carboxylic acids is 1. The zero-order valence-electron chi connectivity index (χ0n) is 14.5. The first-order valence-corrected chi connectivity index (χ1v) is 8.70.